The van der Waals surface area contributed by atoms with Crippen LogP contribution < -0.4 is 5.11 Å². The number of carboxylic acids is 1. The molecule has 0 amide bonds. The first-order chi connectivity index (χ1) is 6.59. The summed E-state index contributed by atoms with van der Waals surface area (Å²) >= 11 is 5.80. The first kappa shape index (κ1) is 9.09. The van der Waals surface area contributed by atoms with Crippen LogP contribution in [0, 0.1) is 6.92 Å². The number of aromatic carboxylic acids is 1. The van der Waals surface area contributed by atoms with Crippen molar-refractivity contribution in [1.82, 2.24) is 4.98 Å². The van der Waals surface area contributed by atoms with Crippen molar-refractivity contribution >= 4 is 28.5 Å². The van der Waals surface area contributed by atoms with Crippen molar-refractivity contribution in [2.45, 2.75) is 6.92 Å². The van der Waals surface area contributed by atoms with Crippen LogP contribution >= 0.6 is 11.6 Å². The van der Waals surface area contributed by atoms with E-state index >= 15 is 0 Å². The van der Waals surface area contributed by atoms with E-state index in [2.05, 4.69) is 4.98 Å². The molecule has 1 N–H and O–H groups in total. The molecule has 2 rings (SSSR count). The van der Waals surface area contributed by atoms with E-state index in [4.69, 9.17) is 11.6 Å². The number of halogens is 1. The predicted octanol–water partition coefficient (Wildman–Crippen LogP) is 1.49. The topological polar surface area (TPSA) is 55.9 Å². The minimum Gasteiger partial charge on any atom is -0.543 e. The zero-order valence-corrected chi connectivity index (χ0v) is 8.18. The number of carbonyl (C=O) groups excluding carboxylic acids is 1. The van der Waals surface area contributed by atoms with Gasteiger partial charge in [-0.2, -0.15) is 0 Å². The maximum absolute atomic E-state index is 10.7. The molecule has 0 unspecified atom stereocenters. The molecule has 1 heterocycles. The minimum atomic E-state index is -1.20. The SMILES string of the molecule is Cc1c(C(=O)[O-])[nH]c2ccc(Cl)cc12. The molecule has 0 radical (unpaired) electrons. The number of benzene rings is 1. The van der Waals surface area contributed by atoms with E-state index in [1.165, 1.54) is 0 Å². The van der Waals surface area contributed by atoms with Gasteiger partial charge < -0.3 is 14.9 Å². The highest BCUT2D eigenvalue weighted by molar-refractivity contribution is 6.31. The summed E-state index contributed by atoms with van der Waals surface area (Å²) < 4.78 is 0. The van der Waals surface area contributed by atoms with E-state index in [-0.39, 0.29) is 5.69 Å². The number of aromatic amines is 1. The Hall–Kier alpha value is -1.48. The third kappa shape index (κ3) is 1.26. The number of hydrogen-bond acceptors (Lipinski definition) is 2. The average molecular weight is 209 g/mol. The van der Waals surface area contributed by atoms with Gasteiger partial charge in [-0.1, -0.05) is 11.6 Å². The van der Waals surface area contributed by atoms with Gasteiger partial charge in [0, 0.05) is 15.9 Å². The van der Waals surface area contributed by atoms with Gasteiger partial charge in [0.15, 0.2) is 0 Å². The highest BCUT2D eigenvalue weighted by Crippen LogP contribution is 2.24. The van der Waals surface area contributed by atoms with Crippen LogP contribution in [-0.4, -0.2) is 11.0 Å². The number of nitrogens with one attached hydrogen (secondary N) is 1. The lowest BCUT2D eigenvalue weighted by molar-refractivity contribution is -0.255. The Balaban J connectivity index is 2.80. The number of carboxylic acid groups (broad SMARTS) is 1. The zero-order chi connectivity index (χ0) is 10.3. The molecule has 0 saturated heterocycles. The van der Waals surface area contributed by atoms with Gasteiger partial charge in [0.25, 0.3) is 0 Å². The van der Waals surface area contributed by atoms with Gasteiger partial charge in [0.05, 0.1) is 11.7 Å². The summed E-state index contributed by atoms with van der Waals surface area (Å²) in [5.74, 6) is -1.20. The summed E-state index contributed by atoms with van der Waals surface area (Å²) in [6.45, 7) is 1.72. The van der Waals surface area contributed by atoms with E-state index < -0.39 is 5.97 Å². The molecule has 2 aromatic rings. The Morgan fingerprint density at radius 3 is 2.86 bits per heavy atom. The lowest BCUT2D eigenvalue weighted by Crippen LogP contribution is -2.23. The normalized spacial score (nSPS) is 10.7. The van der Waals surface area contributed by atoms with Gasteiger partial charge in [-0.3, -0.25) is 0 Å². The first-order valence-electron chi connectivity index (χ1n) is 4.09. The Morgan fingerprint density at radius 2 is 2.21 bits per heavy atom. The molecule has 0 aliphatic heterocycles. The molecule has 0 aliphatic rings. The predicted molar refractivity (Wildman–Crippen MR) is 52.4 cm³/mol. The Bertz CT molecular complexity index is 516. The standard InChI is InChI=1S/C10H8ClNO2/c1-5-7-4-6(11)2-3-8(7)12-9(5)10(13)14/h2-4,12H,1H3,(H,13,14)/p-1. The number of fused-ring (bicyclic) bond motifs is 1. The van der Waals surface area contributed by atoms with Gasteiger partial charge in [0.1, 0.15) is 0 Å². The summed E-state index contributed by atoms with van der Waals surface area (Å²) in [7, 11) is 0. The highest BCUT2D eigenvalue weighted by atomic mass is 35.5. The summed E-state index contributed by atoms with van der Waals surface area (Å²) in [4.78, 5) is 13.5. The quantitative estimate of drug-likeness (QED) is 0.772. The van der Waals surface area contributed by atoms with Crippen molar-refractivity contribution in [3.63, 3.8) is 0 Å². The van der Waals surface area contributed by atoms with Crippen LogP contribution in [0.25, 0.3) is 10.9 Å². The summed E-state index contributed by atoms with van der Waals surface area (Å²) in [6, 6.07) is 5.19. The van der Waals surface area contributed by atoms with Crippen molar-refractivity contribution in [1.29, 1.82) is 0 Å². The molecule has 0 saturated carbocycles. The third-order valence-corrected chi connectivity index (χ3v) is 2.46. The molecule has 0 aliphatic carbocycles. The molecule has 1 aromatic carbocycles. The van der Waals surface area contributed by atoms with E-state index in [0.29, 0.717) is 10.6 Å². The van der Waals surface area contributed by atoms with Gasteiger partial charge in [-0.25, -0.2) is 0 Å². The van der Waals surface area contributed by atoms with E-state index in [1.807, 2.05) is 0 Å². The summed E-state index contributed by atoms with van der Waals surface area (Å²) in [6.07, 6.45) is 0. The fourth-order valence-corrected chi connectivity index (χ4v) is 1.68. The van der Waals surface area contributed by atoms with Crippen molar-refractivity contribution in [3.05, 3.63) is 34.5 Å². The highest BCUT2D eigenvalue weighted by Gasteiger charge is 2.07. The van der Waals surface area contributed by atoms with Gasteiger partial charge in [-0.05, 0) is 30.7 Å². The Morgan fingerprint density at radius 1 is 1.50 bits per heavy atom. The van der Waals surface area contributed by atoms with Crippen molar-refractivity contribution in [3.8, 4) is 0 Å². The second-order valence-electron chi connectivity index (χ2n) is 3.10. The molecule has 0 fully saturated rings. The molecule has 0 bridgehead atoms. The Kier molecular flexibility index (Phi) is 1.97. The lowest BCUT2D eigenvalue weighted by atomic mass is 10.1. The summed E-state index contributed by atoms with van der Waals surface area (Å²) in [5.41, 5.74) is 1.52. The smallest absolute Gasteiger partial charge is 0.0881 e. The van der Waals surface area contributed by atoms with Crippen molar-refractivity contribution in [2.24, 2.45) is 0 Å². The molecule has 0 atom stereocenters. The fraction of sp³-hybridized carbons (Fsp3) is 0.100. The van der Waals surface area contributed by atoms with Gasteiger partial charge in [0.2, 0.25) is 0 Å². The van der Waals surface area contributed by atoms with Crippen LogP contribution in [0.5, 0.6) is 0 Å². The average Bonchev–Trinajstić information content (AvgIpc) is 2.44. The number of aromatic nitrogens is 1. The fourth-order valence-electron chi connectivity index (χ4n) is 1.50. The van der Waals surface area contributed by atoms with E-state index in [1.54, 1.807) is 25.1 Å². The maximum atomic E-state index is 10.7. The molecular formula is C10H7ClNO2-. The zero-order valence-electron chi connectivity index (χ0n) is 7.43. The van der Waals surface area contributed by atoms with Gasteiger partial charge in [-0.15, -0.1) is 0 Å². The molecule has 1 aromatic heterocycles. The third-order valence-electron chi connectivity index (χ3n) is 2.22. The Labute approximate surface area is 85.3 Å². The molecule has 3 nitrogen and oxygen atoms in total. The number of rotatable bonds is 1. The molecule has 4 heteroatoms. The number of aryl methyl sites for hydroxylation is 1. The molecular weight excluding hydrogens is 202 g/mol. The summed E-state index contributed by atoms with van der Waals surface area (Å²) in [5, 5.41) is 12.1. The van der Waals surface area contributed by atoms with Crippen LogP contribution in [0.3, 0.4) is 0 Å². The van der Waals surface area contributed by atoms with Crippen LogP contribution in [-0.2, 0) is 0 Å². The van der Waals surface area contributed by atoms with Crippen molar-refractivity contribution < 1.29 is 9.90 Å². The van der Waals surface area contributed by atoms with Crippen LogP contribution in [0.15, 0.2) is 18.2 Å². The largest absolute Gasteiger partial charge is 0.543 e. The molecule has 72 valence electrons. The second kappa shape index (κ2) is 3.03. The van der Waals surface area contributed by atoms with E-state index in [0.717, 1.165) is 10.9 Å². The first-order valence-corrected chi connectivity index (χ1v) is 4.46. The van der Waals surface area contributed by atoms with E-state index in [9.17, 15) is 9.90 Å². The van der Waals surface area contributed by atoms with Crippen LogP contribution in [0.4, 0.5) is 0 Å². The number of hydrogen-bond donors (Lipinski definition) is 1. The number of carbonyl (C=O) groups is 1. The van der Waals surface area contributed by atoms with Crippen LogP contribution in [0.1, 0.15) is 16.1 Å². The monoisotopic (exact) mass is 208 g/mol. The van der Waals surface area contributed by atoms with Crippen molar-refractivity contribution in [2.75, 3.05) is 0 Å². The van der Waals surface area contributed by atoms with Gasteiger partial charge >= 0.3 is 0 Å². The molecule has 0 spiro atoms. The molecule has 14 heavy (non-hydrogen) atoms. The minimum absolute atomic E-state index is 0.113. The second-order valence-corrected chi connectivity index (χ2v) is 3.54. The lowest BCUT2D eigenvalue weighted by Gasteiger charge is -1.98. The maximum Gasteiger partial charge on any atom is 0.0881 e. The number of H-pyrrole nitrogens is 1. The van der Waals surface area contributed by atoms with Crippen LogP contribution in [0.2, 0.25) is 5.02 Å².